The van der Waals surface area contributed by atoms with Crippen LogP contribution in [-0.2, 0) is 6.42 Å². The summed E-state index contributed by atoms with van der Waals surface area (Å²) < 4.78 is 1.95. The fraction of sp³-hybridized carbons (Fsp3) is 0.538. The molecule has 0 aliphatic carbocycles. The molecule has 5 nitrogen and oxygen atoms in total. The lowest BCUT2D eigenvalue weighted by Gasteiger charge is -2.22. The Hall–Kier alpha value is -1.62. The molecule has 1 saturated heterocycles. The first-order chi connectivity index (χ1) is 8.75. The van der Waals surface area contributed by atoms with E-state index in [1.807, 2.05) is 4.52 Å². The van der Waals surface area contributed by atoms with E-state index in [1.165, 1.54) is 24.9 Å². The summed E-state index contributed by atoms with van der Waals surface area (Å²) in [7, 11) is 0. The predicted molar refractivity (Wildman–Crippen MR) is 71.4 cm³/mol. The first kappa shape index (κ1) is 11.5. The molecule has 0 bridgehead atoms. The zero-order chi connectivity index (χ0) is 12.5. The van der Waals surface area contributed by atoms with E-state index in [0.717, 1.165) is 30.6 Å². The molecule has 0 aromatic carbocycles. The van der Waals surface area contributed by atoms with E-state index < -0.39 is 0 Å². The van der Waals surface area contributed by atoms with E-state index in [4.69, 9.17) is 5.73 Å². The van der Waals surface area contributed by atoms with Gasteiger partial charge in [-0.1, -0.05) is 0 Å². The quantitative estimate of drug-likeness (QED) is 0.833. The highest BCUT2D eigenvalue weighted by Crippen LogP contribution is 2.23. The highest BCUT2D eigenvalue weighted by atomic mass is 15.3. The Labute approximate surface area is 106 Å². The highest BCUT2D eigenvalue weighted by Gasteiger charge is 2.17. The van der Waals surface area contributed by atoms with Crippen LogP contribution in [0.2, 0.25) is 0 Å². The Balaban J connectivity index is 1.94. The van der Waals surface area contributed by atoms with Gasteiger partial charge in [-0.15, -0.1) is 0 Å². The van der Waals surface area contributed by atoms with Gasteiger partial charge in [0.15, 0.2) is 5.82 Å². The molecule has 5 heteroatoms. The smallest absolute Gasteiger partial charge is 0.151 e. The number of fused-ring (bicyclic) bond motifs is 1. The summed E-state index contributed by atoms with van der Waals surface area (Å²) in [6.07, 6.45) is 5.15. The average Bonchev–Trinajstić information content (AvgIpc) is 2.69. The van der Waals surface area contributed by atoms with Crippen LogP contribution in [0, 0.1) is 12.8 Å². The number of aryl methyl sites for hydroxylation is 1. The van der Waals surface area contributed by atoms with Crippen LogP contribution in [-0.4, -0.2) is 27.7 Å². The maximum absolute atomic E-state index is 5.92. The monoisotopic (exact) mass is 245 g/mol. The number of anilines is 1. The van der Waals surface area contributed by atoms with Crippen LogP contribution < -0.4 is 11.1 Å². The van der Waals surface area contributed by atoms with E-state index in [1.54, 1.807) is 0 Å². The Bertz CT molecular complexity index is 554. The number of nitrogens with zero attached hydrogens (tertiary/aromatic N) is 3. The molecule has 3 N–H and O–H groups in total. The second-order valence-corrected chi connectivity index (χ2v) is 5.14. The molecule has 0 radical (unpaired) electrons. The lowest BCUT2D eigenvalue weighted by atomic mass is 9.95. The molecule has 18 heavy (non-hydrogen) atoms. The molecule has 2 aromatic rings. The number of piperidine rings is 1. The fourth-order valence-electron chi connectivity index (χ4n) is 2.87. The molecule has 1 atom stereocenters. The lowest BCUT2D eigenvalue weighted by Crippen LogP contribution is -2.31. The number of hydrogen-bond acceptors (Lipinski definition) is 4. The van der Waals surface area contributed by atoms with Crippen molar-refractivity contribution in [2.45, 2.75) is 26.2 Å². The molecule has 0 spiro atoms. The molecular weight excluding hydrogens is 226 g/mol. The van der Waals surface area contributed by atoms with Crippen molar-refractivity contribution in [3.63, 3.8) is 0 Å². The number of nitrogen functional groups attached to an aromatic ring is 1. The number of hydrogen-bond donors (Lipinski definition) is 2. The van der Waals surface area contributed by atoms with E-state index in [-0.39, 0.29) is 0 Å². The van der Waals surface area contributed by atoms with Crippen molar-refractivity contribution in [3.8, 4) is 0 Å². The van der Waals surface area contributed by atoms with Gasteiger partial charge in [0.2, 0.25) is 0 Å². The average molecular weight is 245 g/mol. The summed E-state index contributed by atoms with van der Waals surface area (Å²) in [5, 5.41) is 7.79. The van der Waals surface area contributed by atoms with E-state index >= 15 is 0 Å². The van der Waals surface area contributed by atoms with Crippen molar-refractivity contribution in [1.29, 1.82) is 0 Å². The summed E-state index contributed by atoms with van der Waals surface area (Å²) >= 11 is 0. The van der Waals surface area contributed by atoms with Crippen LogP contribution in [0.1, 0.15) is 24.1 Å². The van der Waals surface area contributed by atoms with Crippen molar-refractivity contribution in [3.05, 3.63) is 23.7 Å². The van der Waals surface area contributed by atoms with Gasteiger partial charge in [-0.05, 0) is 56.8 Å². The Morgan fingerprint density at radius 2 is 2.44 bits per heavy atom. The van der Waals surface area contributed by atoms with Crippen LogP contribution >= 0.6 is 0 Å². The van der Waals surface area contributed by atoms with Crippen LogP contribution in [0.3, 0.4) is 0 Å². The summed E-state index contributed by atoms with van der Waals surface area (Å²) in [5.74, 6) is 1.27. The van der Waals surface area contributed by atoms with E-state index in [2.05, 4.69) is 28.4 Å². The van der Waals surface area contributed by atoms with E-state index in [0.29, 0.717) is 11.7 Å². The molecule has 1 fully saturated rings. The van der Waals surface area contributed by atoms with Gasteiger partial charge in [-0.3, -0.25) is 0 Å². The molecule has 2 aromatic heterocycles. The molecule has 1 aliphatic heterocycles. The summed E-state index contributed by atoms with van der Waals surface area (Å²) in [6.45, 7) is 4.32. The first-order valence-corrected chi connectivity index (χ1v) is 6.54. The third-order valence-corrected chi connectivity index (χ3v) is 3.74. The van der Waals surface area contributed by atoms with Crippen molar-refractivity contribution >= 4 is 11.3 Å². The molecular formula is C13H19N5. The fourth-order valence-corrected chi connectivity index (χ4v) is 2.87. The van der Waals surface area contributed by atoms with E-state index in [9.17, 15) is 0 Å². The van der Waals surface area contributed by atoms with Crippen molar-refractivity contribution in [2.24, 2.45) is 5.92 Å². The normalized spacial score (nSPS) is 20.4. The number of rotatable bonds is 2. The van der Waals surface area contributed by atoms with Gasteiger partial charge in [0, 0.05) is 5.69 Å². The molecule has 96 valence electrons. The molecule has 0 amide bonds. The minimum absolute atomic E-state index is 0.565. The minimum Gasteiger partial charge on any atom is -0.382 e. The molecule has 1 unspecified atom stereocenters. The standard InChI is InChI=1S/C13H19N5/c1-9-5-11(6-10-3-2-4-15-7-10)18-12(9)13(14)16-8-17-18/h5,8,10,15H,2-4,6-7H2,1H3,(H2,14,16,17). The number of aromatic nitrogens is 3. The lowest BCUT2D eigenvalue weighted by molar-refractivity contribution is 0.372. The van der Waals surface area contributed by atoms with Gasteiger partial charge in [0.1, 0.15) is 11.8 Å². The molecule has 0 saturated carbocycles. The van der Waals surface area contributed by atoms with Gasteiger partial charge >= 0.3 is 0 Å². The summed E-state index contributed by atoms with van der Waals surface area (Å²) in [4.78, 5) is 4.06. The molecule has 3 heterocycles. The van der Waals surface area contributed by atoms with Gasteiger partial charge in [-0.2, -0.15) is 5.10 Å². The van der Waals surface area contributed by atoms with Crippen molar-refractivity contribution in [1.82, 2.24) is 19.9 Å². The topological polar surface area (TPSA) is 68.2 Å². The van der Waals surface area contributed by atoms with Crippen molar-refractivity contribution < 1.29 is 0 Å². The Morgan fingerprint density at radius 3 is 3.22 bits per heavy atom. The minimum atomic E-state index is 0.565. The third kappa shape index (κ3) is 1.95. The van der Waals surface area contributed by atoms with Crippen LogP contribution in [0.15, 0.2) is 12.4 Å². The maximum atomic E-state index is 5.92. The van der Waals surface area contributed by atoms with Gasteiger partial charge in [0.05, 0.1) is 0 Å². The highest BCUT2D eigenvalue weighted by molar-refractivity contribution is 5.70. The second kappa shape index (κ2) is 4.57. The Kier molecular flexibility index (Phi) is 2.91. The van der Waals surface area contributed by atoms with Gasteiger partial charge in [0.25, 0.3) is 0 Å². The van der Waals surface area contributed by atoms with Gasteiger partial charge in [-0.25, -0.2) is 9.50 Å². The summed E-state index contributed by atoms with van der Waals surface area (Å²) in [6, 6.07) is 2.19. The maximum Gasteiger partial charge on any atom is 0.151 e. The van der Waals surface area contributed by atoms with Crippen molar-refractivity contribution in [2.75, 3.05) is 18.8 Å². The number of nitrogens with one attached hydrogen (secondary N) is 1. The third-order valence-electron chi connectivity index (χ3n) is 3.74. The summed E-state index contributed by atoms with van der Waals surface area (Å²) in [5.41, 5.74) is 9.27. The number of nitrogens with two attached hydrogens (primary N) is 1. The van der Waals surface area contributed by atoms with Crippen LogP contribution in [0.25, 0.3) is 5.52 Å². The zero-order valence-electron chi connectivity index (χ0n) is 10.7. The first-order valence-electron chi connectivity index (χ1n) is 6.54. The second-order valence-electron chi connectivity index (χ2n) is 5.14. The predicted octanol–water partition coefficient (Wildman–Crippen LogP) is 1.16. The van der Waals surface area contributed by atoms with Gasteiger partial charge < -0.3 is 11.1 Å². The van der Waals surface area contributed by atoms with Crippen LogP contribution in [0.4, 0.5) is 5.82 Å². The molecule has 1 aliphatic rings. The largest absolute Gasteiger partial charge is 0.382 e. The Morgan fingerprint density at radius 1 is 1.56 bits per heavy atom. The van der Waals surface area contributed by atoms with Crippen LogP contribution in [0.5, 0.6) is 0 Å². The molecule has 3 rings (SSSR count). The zero-order valence-corrected chi connectivity index (χ0v) is 10.7. The SMILES string of the molecule is Cc1cc(CC2CCCNC2)n2ncnc(N)c12.